The van der Waals surface area contributed by atoms with E-state index in [2.05, 4.69) is 4.90 Å². The van der Waals surface area contributed by atoms with Crippen LogP contribution in [0.2, 0.25) is 0 Å². The minimum atomic E-state index is -0.580. The number of nitrogens with zero attached hydrogens (tertiary/aromatic N) is 1. The molecule has 5 heteroatoms. The molecule has 1 aromatic heterocycles. The van der Waals surface area contributed by atoms with Gasteiger partial charge in [0.2, 0.25) is 0 Å². The zero-order valence-corrected chi connectivity index (χ0v) is 11.5. The topological polar surface area (TPSA) is 62.9 Å². The van der Waals surface area contributed by atoms with Gasteiger partial charge in [-0.1, -0.05) is 0 Å². The van der Waals surface area contributed by atoms with Crippen molar-refractivity contribution in [2.75, 3.05) is 20.2 Å². The van der Waals surface area contributed by atoms with Crippen molar-refractivity contribution in [2.24, 2.45) is 0 Å². The molecule has 2 heterocycles. The molecule has 1 aromatic rings. The summed E-state index contributed by atoms with van der Waals surface area (Å²) in [7, 11) is 1.36. The van der Waals surface area contributed by atoms with Crippen molar-refractivity contribution in [1.82, 2.24) is 4.90 Å². The van der Waals surface area contributed by atoms with Crippen LogP contribution in [0.3, 0.4) is 0 Å². The maximum Gasteiger partial charge on any atom is 0.341 e. The first-order chi connectivity index (χ1) is 9.02. The first-order valence-electron chi connectivity index (χ1n) is 6.61. The van der Waals surface area contributed by atoms with Crippen LogP contribution in [0.25, 0.3) is 0 Å². The maximum absolute atomic E-state index is 11.6. The molecule has 1 saturated heterocycles. The number of ether oxygens (including phenoxy) is 1. The van der Waals surface area contributed by atoms with E-state index in [1.807, 2.05) is 6.92 Å². The number of methoxy groups -OCH3 is 1. The number of furan rings is 1. The second-order valence-electron chi connectivity index (χ2n) is 5.38. The van der Waals surface area contributed by atoms with E-state index in [0.717, 1.165) is 32.4 Å². The molecule has 106 valence electrons. The molecule has 2 rings (SSSR count). The van der Waals surface area contributed by atoms with Crippen molar-refractivity contribution in [1.29, 1.82) is 0 Å². The SMILES string of the molecule is COC(=O)c1ccoc1CN1CCCC(C)(O)CC1. The van der Waals surface area contributed by atoms with Gasteiger partial charge in [0.1, 0.15) is 11.3 Å². The van der Waals surface area contributed by atoms with E-state index in [1.54, 1.807) is 6.07 Å². The Balaban J connectivity index is 2.01. The number of rotatable bonds is 3. The van der Waals surface area contributed by atoms with Crippen LogP contribution in [0.5, 0.6) is 0 Å². The van der Waals surface area contributed by atoms with Crippen LogP contribution in [0.15, 0.2) is 16.7 Å². The average molecular weight is 267 g/mol. The van der Waals surface area contributed by atoms with Gasteiger partial charge in [-0.2, -0.15) is 0 Å². The van der Waals surface area contributed by atoms with Crippen molar-refractivity contribution >= 4 is 5.97 Å². The molecule has 0 bridgehead atoms. The van der Waals surface area contributed by atoms with Gasteiger partial charge >= 0.3 is 5.97 Å². The summed E-state index contributed by atoms with van der Waals surface area (Å²) < 4.78 is 10.1. The fourth-order valence-corrected chi connectivity index (χ4v) is 2.44. The number of hydrogen-bond donors (Lipinski definition) is 1. The molecule has 0 aromatic carbocycles. The van der Waals surface area contributed by atoms with E-state index in [0.29, 0.717) is 17.9 Å². The molecule has 1 atom stereocenters. The third kappa shape index (κ3) is 3.58. The normalized spacial score (nSPS) is 25.0. The molecule has 0 spiro atoms. The van der Waals surface area contributed by atoms with Crippen molar-refractivity contribution < 1.29 is 19.1 Å². The molecule has 0 saturated carbocycles. The highest BCUT2D eigenvalue weighted by Crippen LogP contribution is 2.23. The zero-order valence-electron chi connectivity index (χ0n) is 11.5. The molecular weight excluding hydrogens is 246 g/mol. The van der Waals surface area contributed by atoms with Gasteiger partial charge in [-0.25, -0.2) is 4.79 Å². The lowest BCUT2D eigenvalue weighted by atomic mass is 9.98. The molecule has 0 radical (unpaired) electrons. The standard InChI is InChI=1S/C14H21NO4/c1-14(17)5-3-7-15(8-6-14)10-12-11(4-9-19-12)13(16)18-2/h4,9,17H,3,5-8,10H2,1-2H3. The van der Waals surface area contributed by atoms with Crippen LogP contribution < -0.4 is 0 Å². The van der Waals surface area contributed by atoms with Crippen LogP contribution >= 0.6 is 0 Å². The molecule has 1 fully saturated rings. The summed E-state index contributed by atoms with van der Waals surface area (Å²) in [5.74, 6) is 0.263. The van der Waals surface area contributed by atoms with Gasteiger partial charge in [0, 0.05) is 6.54 Å². The molecule has 1 N–H and O–H groups in total. The van der Waals surface area contributed by atoms with E-state index in [4.69, 9.17) is 9.15 Å². The fraction of sp³-hybridized carbons (Fsp3) is 0.643. The lowest BCUT2D eigenvalue weighted by Crippen LogP contribution is -2.28. The number of carbonyl (C=O) groups excluding carboxylic acids is 1. The van der Waals surface area contributed by atoms with Crippen LogP contribution in [0, 0.1) is 0 Å². The Morgan fingerprint density at radius 1 is 1.53 bits per heavy atom. The Labute approximate surface area is 113 Å². The molecule has 1 aliphatic heterocycles. The summed E-state index contributed by atoms with van der Waals surface area (Å²) in [6.45, 7) is 4.16. The predicted molar refractivity (Wildman–Crippen MR) is 69.8 cm³/mol. The lowest BCUT2D eigenvalue weighted by Gasteiger charge is -2.21. The monoisotopic (exact) mass is 267 g/mol. The van der Waals surface area contributed by atoms with E-state index in [1.165, 1.54) is 13.4 Å². The average Bonchev–Trinajstić information content (AvgIpc) is 2.75. The lowest BCUT2D eigenvalue weighted by molar-refractivity contribution is 0.0440. The van der Waals surface area contributed by atoms with Gasteiger partial charge < -0.3 is 14.3 Å². The third-order valence-electron chi connectivity index (χ3n) is 3.67. The van der Waals surface area contributed by atoms with E-state index in [-0.39, 0.29) is 5.97 Å². The minimum Gasteiger partial charge on any atom is -0.467 e. The van der Waals surface area contributed by atoms with E-state index in [9.17, 15) is 9.90 Å². The Bertz CT molecular complexity index is 438. The van der Waals surface area contributed by atoms with Gasteiger partial charge in [0.05, 0.1) is 25.5 Å². The maximum atomic E-state index is 11.6. The molecule has 5 nitrogen and oxygen atoms in total. The largest absolute Gasteiger partial charge is 0.467 e. The van der Waals surface area contributed by atoms with E-state index >= 15 is 0 Å². The van der Waals surface area contributed by atoms with E-state index < -0.39 is 5.60 Å². The van der Waals surface area contributed by atoms with Gasteiger partial charge in [-0.3, -0.25) is 4.90 Å². The minimum absolute atomic E-state index is 0.370. The van der Waals surface area contributed by atoms with Gasteiger partial charge in [-0.15, -0.1) is 0 Å². The Morgan fingerprint density at radius 3 is 3.05 bits per heavy atom. The molecule has 0 amide bonds. The number of aliphatic hydroxyl groups is 1. The molecular formula is C14H21NO4. The Hall–Kier alpha value is -1.33. The van der Waals surface area contributed by atoms with Crippen LogP contribution in [0.4, 0.5) is 0 Å². The van der Waals surface area contributed by atoms with Crippen LogP contribution in [-0.2, 0) is 11.3 Å². The highest BCUT2D eigenvalue weighted by atomic mass is 16.5. The molecule has 1 aliphatic rings. The Morgan fingerprint density at radius 2 is 2.32 bits per heavy atom. The Kier molecular flexibility index (Phi) is 4.27. The van der Waals surface area contributed by atoms with Gasteiger partial charge in [0.25, 0.3) is 0 Å². The second kappa shape index (κ2) is 5.75. The summed E-state index contributed by atoms with van der Waals surface area (Å²) in [4.78, 5) is 13.8. The number of hydrogen-bond acceptors (Lipinski definition) is 5. The highest BCUT2D eigenvalue weighted by Gasteiger charge is 2.26. The predicted octanol–water partition coefficient (Wildman–Crippen LogP) is 1.80. The quantitative estimate of drug-likeness (QED) is 0.846. The van der Waals surface area contributed by atoms with Crippen LogP contribution in [-0.4, -0.2) is 41.8 Å². The first kappa shape index (κ1) is 14.1. The highest BCUT2D eigenvalue weighted by molar-refractivity contribution is 5.90. The second-order valence-corrected chi connectivity index (χ2v) is 5.38. The summed E-state index contributed by atoms with van der Waals surface area (Å²) in [5, 5.41) is 10.1. The van der Waals surface area contributed by atoms with Gasteiger partial charge in [0.15, 0.2) is 0 Å². The van der Waals surface area contributed by atoms with Crippen molar-refractivity contribution in [2.45, 2.75) is 38.3 Å². The number of likely N-dealkylation sites (tertiary alicyclic amines) is 1. The summed E-state index contributed by atoms with van der Waals surface area (Å²) in [5.41, 5.74) is -0.0955. The van der Waals surface area contributed by atoms with Crippen LogP contribution in [0.1, 0.15) is 42.3 Å². The van der Waals surface area contributed by atoms with Gasteiger partial charge in [-0.05, 0) is 38.8 Å². The third-order valence-corrected chi connectivity index (χ3v) is 3.67. The van der Waals surface area contributed by atoms with Crippen molar-refractivity contribution in [3.05, 3.63) is 23.7 Å². The fourth-order valence-electron chi connectivity index (χ4n) is 2.44. The smallest absolute Gasteiger partial charge is 0.341 e. The van der Waals surface area contributed by atoms with Crippen molar-refractivity contribution in [3.8, 4) is 0 Å². The first-order valence-corrected chi connectivity index (χ1v) is 6.61. The molecule has 1 unspecified atom stereocenters. The summed E-state index contributed by atoms with van der Waals surface area (Å²) in [6.07, 6.45) is 4.00. The molecule has 0 aliphatic carbocycles. The summed E-state index contributed by atoms with van der Waals surface area (Å²) >= 11 is 0. The number of esters is 1. The number of carbonyl (C=O) groups is 1. The van der Waals surface area contributed by atoms with Crippen molar-refractivity contribution in [3.63, 3.8) is 0 Å². The molecule has 19 heavy (non-hydrogen) atoms. The summed E-state index contributed by atoms with van der Waals surface area (Å²) in [6, 6.07) is 1.63. The zero-order chi connectivity index (χ0) is 13.9.